The van der Waals surface area contributed by atoms with Crippen molar-refractivity contribution in [3.8, 4) is 0 Å². The summed E-state index contributed by atoms with van der Waals surface area (Å²) in [7, 11) is 0. The maximum Gasteiger partial charge on any atom is 0.168 e. The monoisotopic (exact) mass is 364 g/mol. The average Bonchev–Trinajstić information content (AvgIpc) is 3.01. The third-order valence-electron chi connectivity index (χ3n) is 4.33. The van der Waals surface area contributed by atoms with E-state index in [1.54, 1.807) is 10.7 Å². The lowest BCUT2D eigenvalue weighted by Gasteiger charge is -2.22. The summed E-state index contributed by atoms with van der Waals surface area (Å²) in [4.78, 5) is 17.4. The number of nitrogens with zero attached hydrogens (tertiary/aromatic N) is 3. The third-order valence-corrected chi connectivity index (χ3v) is 4.33. The van der Waals surface area contributed by atoms with E-state index in [0.29, 0.717) is 5.56 Å². The van der Waals surface area contributed by atoms with Crippen LogP contribution in [-0.4, -0.2) is 25.9 Å². The van der Waals surface area contributed by atoms with E-state index < -0.39 is 0 Å². The number of Topliss-reactive ketones (excluding diaryl/α,β-unsaturated/α-hetero) is 1. The molecule has 2 heterocycles. The summed E-state index contributed by atoms with van der Waals surface area (Å²) in [6.45, 7) is 12.8. The zero-order valence-corrected chi connectivity index (χ0v) is 17.0. The second-order valence-corrected chi connectivity index (χ2v) is 9.04. The van der Waals surface area contributed by atoms with Gasteiger partial charge in [-0.3, -0.25) is 4.79 Å². The van der Waals surface area contributed by atoms with Crippen LogP contribution in [0.4, 0.5) is 5.82 Å². The van der Waals surface area contributed by atoms with Crippen LogP contribution in [0.25, 0.3) is 5.65 Å². The van der Waals surface area contributed by atoms with Crippen molar-refractivity contribution >= 4 is 17.2 Å². The van der Waals surface area contributed by atoms with Gasteiger partial charge in [0.25, 0.3) is 0 Å². The van der Waals surface area contributed by atoms with Crippen molar-refractivity contribution in [3.05, 3.63) is 59.4 Å². The van der Waals surface area contributed by atoms with Gasteiger partial charge in [0.15, 0.2) is 11.4 Å². The Hall–Kier alpha value is -2.69. The molecule has 0 aliphatic rings. The third kappa shape index (κ3) is 4.54. The first-order valence-corrected chi connectivity index (χ1v) is 9.28. The quantitative estimate of drug-likeness (QED) is 0.684. The molecule has 0 saturated heterocycles. The minimum atomic E-state index is -0.121. The molecule has 1 aromatic carbocycles. The van der Waals surface area contributed by atoms with Crippen LogP contribution >= 0.6 is 0 Å². The first kappa shape index (κ1) is 19.1. The number of hydrogen-bond acceptors (Lipinski definition) is 4. The topological polar surface area (TPSA) is 59.3 Å². The first-order valence-electron chi connectivity index (χ1n) is 9.28. The SMILES string of the molecule is CC(C)(C)Nc1cc(CC(=O)c2ccc(C(C)(C)C)cc2)nc2ccnn12. The van der Waals surface area contributed by atoms with Gasteiger partial charge in [-0.1, -0.05) is 45.0 Å². The van der Waals surface area contributed by atoms with E-state index in [-0.39, 0.29) is 23.2 Å². The predicted molar refractivity (Wildman–Crippen MR) is 110 cm³/mol. The largest absolute Gasteiger partial charge is 0.365 e. The van der Waals surface area contributed by atoms with Gasteiger partial charge >= 0.3 is 0 Å². The van der Waals surface area contributed by atoms with Gasteiger partial charge in [-0.15, -0.1) is 0 Å². The molecule has 0 spiro atoms. The van der Waals surface area contributed by atoms with Crippen LogP contribution in [0, 0.1) is 0 Å². The zero-order chi connectivity index (χ0) is 19.8. The number of benzene rings is 1. The summed E-state index contributed by atoms with van der Waals surface area (Å²) in [5.41, 5.74) is 3.35. The van der Waals surface area contributed by atoms with Crippen molar-refractivity contribution in [3.63, 3.8) is 0 Å². The lowest BCUT2D eigenvalue weighted by atomic mass is 9.86. The predicted octanol–water partition coefficient (Wildman–Crippen LogP) is 4.66. The number of fused-ring (bicyclic) bond motifs is 1. The Morgan fingerprint density at radius 1 is 1.04 bits per heavy atom. The van der Waals surface area contributed by atoms with Gasteiger partial charge in [0.2, 0.25) is 0 Å². The summed E-state index contributed by atoms with van der Waals surface area (Å²) < 4.78 is 1.76. The summed E-state index contributed by atoms with van der Waals surface area (Å²) in [6, 6.07) is 11.6. The molecule has 0 amide bonds. The maximum absolute atomic E-state index is 12.8. The maximum atomic E-state index is 12.8. The number of anilines is 1. The summed E-state index contributed by atoms with van der Waals surface area (Å²) in [5, 5.41) is 7.76. The highest BCUT2D eigenvalue weighted by atomic mass is 16.1. The molecule has 3 aromatic rings. The molecule has 0 aliphatic carbocycles. The van der Waals surface area contributed by atoms with Crippen LogP contribution in [0.1, 0.15) is 63.2 Å². The number of aromatic nitrogens is 3. The molecule has 2 aromatic heterocycles. The highest BCUT2D eigenvalue weighted by Crippen LogP contribution is 2.23. The van der Waals surface area contributed by atoms with E-state index in [1.165, 1.54) is 5.56 Å². The van der Waals surface area contributed by atoms with Crippen molar-refractivity contribution in [2.24, 2.45) is 0 Å². The second-order valence-electron chi connectivity index (χ2n) is 9.04. The summed E-state index contributed by atoms with van der Waals surface area (Å²) >= 11 is 0. The second kappa shape index (κ2) is 6.80. The first-order chi connectivity index (χ1) is 12.5. The molecule has 5 heteroatoms. The highest BCUT2D eigenvalue weighted by Gasteiger charge is 2.17. The van der Waals surface area contributed by atoms with Gasteiger partial charge in [0, 0.05) is 23.2 Å². The highest BCUT2D eigenvalue weighted by molar-refractivity contribution is 5.97. The lowest BCUT2D eigenvalue weighted by molar-refractivity contribution is 0.0992. The van der Waals surface area contributed by atoms with Crippen LogP contribution < -0.4 is 5.32 Å². The van der Waals surface area contributed by atoms with Gasteiger partial charge < -0.3 is 5.32 Å². The van der Waals surface area contributed by atoms with Crippen LogP contribution in [0.3, 0.4) is 0 Å². The molecule has 27 heavy (non-hydrogen) atoms. The Labute approximate surface area is 160 Å². The number of hydrogen-bond donors (Lipinski definition) is 1. The van der Waals surface area contributed by atoms with E-state index in [1.807, 2.05) is 36.4 Å². The van der Waals surface area contributed by atoms with E-state index in [2.05, 4.69) is 56.9 Å². The molecule has 0 atom stereocenters. The van der Waals surface area contributed by atoms with Gasteiger partial charge in [0.1, 0.15) is 5.82 Å². The Morgan fingerprint density at radius 3 is 2.30 bits per heavy atom. The summed E-state index contributed by atoms with van der Waals surface area (Å²) in [6.07, 6.45) is 1.97. The van der Waals surface area contributed by atoms with E-state index >= 15 is 0 Å². The number of carbonyl (C=O) groups excluding carboxylic acids is 1. The summed E-state index contributed by atoms with van der Waals surface area (Å²) in [5.74, 6) is 0.900. The van der Waals surface area contributed by atoms with E-state index in [0.717, 1.165) is 17.2 Å². The number of rotatable bonds is 4. The van der Waals surface area contributed by atoms with Gasteiger partial charge in [-0.25, -0.2) is 4.98 Å². The molecule has 5 nitrogen and oxygen atoms in total. The fourth-order valence-electron chi connectivity index (χ4n) is 2.95. The Bertz CT molecular complexity index is 957. The van der Waals surface area contributed by atoms with Crippen molar-refractivity contribution in [2.75, 3.05) is 5.32 Å². The van der Waals surface area contributed by atoms with E-state index in [4.69, 9.17) is 0 Å². The number of carbonyl (C=O) groups is 1. The molecular weight excluding hydrogens is 336 g/mol. The molecular formula is C22H28N4O. The average molecular weight is 364 g/mol. The Balaban J connectivity index is 1.86. The van der Waals surface area contributed by atoms with E-state index in [9.17, 15) is 4.79 Å². The number of ketones is 1. The zero-order valence-electron chi connectivity index (χ0n) is 17.0. The standard InChI is InChI=1S/C22H28N4O/c1-21(2,3)16-9-7-15(8-10-16)18(27)13-17-14-20(25-22(4,5)6)26-19(24-17)11-12-23-26/h7-12,14,25H,13H2,1-6H3. The minimum Gasteiger partial charge on any atom is -0.365 e. The minimum absolute atomic E-state index is 0.0635. The fraction of sp³-hybridized carbons (Fsp3) is 0.409. The van der Waals surface area contributed by atoms with Crippen molar-refractivity contribution in [2.45, 2.75) is 58.9 Å². The van der Waals surface area contributed by atoms with Crippen LogP contribution in [0.15, 0.2) is 42.6 Å². The molecule has 3 rings (SSSR count). The van der Waals surface area contributed by atoms with Crippen molar-refractivity contribution in [1.29, 1.82) is 0 Å². The van der Waals surface area contributed by atoms with Gasteiger partial charge in [-0.2, -0.15) is 9.61 Å². The molecule has 0 unspecified atom stereocenters. The molecule has 142 valence electrons. The van der Waals surface area contributed by atoms with Crippen molar-refractivity contribution < 1.29 is 4.79 Å². The number of nitrogens with one attached hydrogen (secondary N) is 1. The van der Waals surface area contributed by atoms with Crippen molar-refractivity contribution in [1.82, 2.24) is 14.6 Å². The van der Waals surface area contributed by atoms with Crippen LogP contribution in [-0.2, 0) is 11.8 Å². The Kier molecular flexibility index (Phi) is 4.81. The molecule has 0 fully saturated rings. The fourth-order valence-corrected chi connectivity index (χ4v) is 2.95. The molecule has 0 aliphatic heterocycles. The molecule has 0 radical (unpaired) electrons. The van der Waals surface area contributed by atoms with Gasteiger partial charge in [0.05, 0.1) is 18.3 Å². The normalized spacial score (nSPS) is 12.4. The molecule has 0 saturated carbocycles. The lowest BCUT2D eigenvalue weighted by Crippen LogP contribution is -2.28. The molecule has 1 N–H and O–H groups in total. The van der Waals surface area contributed by atoms with Gasteiger partial charge in [-0.05, 0) is 31.7 Å². The molecule has 0 bridgehead atoms. The smallest absolute Gasteiger partial charge is 0.168 e. The van der Waals surface area contributed by atoms with Crippen LogP contribution in [0.5, 0.6) is 0 Å². The van der Waals surface area contributed by atoms with Crippen LogP contribution in [0.2, 0.25) is 0 Å². The Morgan fingerprint density at radius 2 is 1.70 bits per heavy atom.